The molecule has 0 amide bonds. The molecule has 0 atom stereocenters. The molecule has 0 aliphatic carbocycles. The molecule has 0 aliphatic rings. The average Bonchev–Trinajstić information content (AvgIpc) is 2.30. The second-order valence-electron chi connectivity index (χ2n) is 3.63. The van der Waals surface area contributed by atoms with E-state index in [1.54, 1.807) is 6.20 Å². The van der Waals surface area contributed by atoms with Gasteiger partial charge in [-0.05, 0) is 37.6 Å². The maximum atomic E-state index is 4.54. The van der Waals surface area contributed by atoms with E-state index in [0.29, 0.717) is 0 Å². The van der Waals surface area contributed by atoms with Crippen LogP contribution in [0.4, 0.5) is 5.82 Å². The summed E-state index contributed by atoms with van der Waals surface area (Å²) in [5.74, 6) is 0.906. The van der Waals surface area contributed by atoms with Crippen LogP contribution in [-0.4, -0.2) is 16.5 Å². The standard InChI is InChI=1S/C13H15N3/c1-3-15-13-6-4-5-12(16-13)11-9-14-8-7-10(11)2/h4-9H,3H2,1-2H3,(H,15,16). The SMILES string of the molecule is CCNc1cccc(-c2cnccc2C)n1. The number of aromatic nitrogens is 2. The fourth-order valence-electron chi connectivity index (χ4n) is 1.60. The molecule has 0 aliphatic heterocycles. The Bertz CT molecular complexity index is 480. The predicted octanol–water partition coefficient (Wildman–Crippen LogP) is 2.88. The van der Waals surface area contributed by atoms with Gasteiger partial charge in [0.2, 0.25) is 0 Å². The topological polar surface area (TPSA) is 37.8 Å². The highest BCUT2D eigenvalue weighted by Crippen LogP contribution is 2.21. The minimum atomic E-state index is 0.877. The van der Waals surface area contributed by atoms with Crippen LogP contribution in [0.5, 0.6) is 0 Å². The molecule has 0 aromatic carbocycles. The Morgan fingerprint density at radius 1 is 1.25 bits per heavy atom. The molecule has 2 heterocycles. The molecule has 0 unspecified atom stereocenters. The van der Waals surface area contributed by atoms with Crippen LogP contribution in [0.1, 0.15) is 12.5 Å². The van der Waals surface area contributed by atoms with Crippen molar-refractivity contribution in [3.8, 4) is 11.3 Å². The number of hydrogen-bond acceptors (Lipinski definition) is 3. The molecule has 82 valence electrons. The van der Waals surface area contributed by atoms with E-state index in [1.807, 2.05) is 30.5 Å². The summed E-state index contributed by atoms with van der Waals surface area (Å²) in [5.41, 5.74) is 3.24. The van der Waals surface area contributed by atoms with Crippen LogP contribution in [-0.2, 0) is 0 Å². The second-order valence-corrected chi connectivity index (χ2v) is 3.63. The second kappa shape index (κ2) is 4.75. The largest absolute Gasteiger partial charge is 0.370 e. The fourth-order valence-corrected chi connectivity index (χ4v) is 1.60. The molecule has 0 radical (unpaired) electrons. The lowest BCUT2D eigenvalue weighted by Gasteiger charge is -2.07. The lowest BCUT2D eigenvalue weighted by molar-refractivity contribution is 1.16. The summed E-state index contributed by atoms with van der Waals surface area (Å²) < 4.78 is 0. The first-order valence-electron chi connectivity index (χ1n) is 5.43. The molecule has 0 bridgehead atoms. The van der Waals surface area contributed by atoms with Crippen molar-refractivity contribution in [2.75, 3.05) is 11.9 Å². The maximum absolute atomic E-state index is 4.54. The molecule has 2 aromatic rings. The summed E-state index contributed by atoms with van der Waals surface area (Å²) in [6.45, 7) is 5.00. The number of nitrogens with zero attached hydrogens (tertiary/aromatic N) is 2. The minimum Gasteiger partial charge on any atom is -0.370 e. The quantitative estimate of drug-likeness (QED) is 0.851. The molecule has 2 aromatic heterocycles. The smallest absolute Gasteiger partial charge is 0.126 e. The number of aryl methyl sites for hydroxylation is 1. The lowest BCUT2D eigenvalue weighted by atomic mass is 10.1. The van der Waals surface area contributed by atoms with Gasteiger partial charge in [0.05, 0.1) is 5.69 Å². The summed E-state index contributed by atoms with van der Waals surface area (Å²) in [6, 6.07) is 7.98. The Hall–Kier alpha value is -1.90. The number of rotatable bonds is 3. The first-order chi connectivity index (χ1) is 7.81. The maximum Gasteiger partial charge on any atom is 0.126 e. The van der Waals surface area contributed by atoms with E-state index >= 15 is 0 Å². The minimum absolute atomic E-state index is 0.877. The molecule has 0 spiro atoms. The van der Waals surface area contributed by atoms with Crippen LogP contribution < -0.4 is 5.32 Å². The predicted molar refractivity (Wildman–Crippen MR) is 66.4 cm³/mol. The van der Waals surface area contributed by atoms with Gasteiger partial charge in [-0.2, -0.15) is 0 Å². The molecule has 3 heteroatoms. The summed E-state index contributed by atoms with van der Waals surface area (Å²) >= 11 is 0. The van der Waals surface area contributed by atoms with E-state index in [4.69, 9.17) is 0 Å². The van der Waals surface area contributed by atoms with E-state index < -0.39 is 0 Å². The van der Waals surface area contributed by atoms with Gasteiger partial charge in [0.1, 0.15) is 5.82 Å². The zero-order valence-electron chi connectivity index (χ0n) is 9.57. The Morgan fingerprint density at radius 3 is 2.88 bits per heavy atom. The van der Waals surface area contributed by atoms with Gasteiger partial charge in [0.15, 0.2) is 0 Å². The van der Waals surface area contributed by atoms with Gasteiger partial charge in [-0.3, -0.25) is 4.98 Å². The molecular weight excluding hydrogens is 198 g/mol. The van der Waals surface area contributed by atoms with Gasteiger partial charge in [0.25, 0.3) is 0 Å². The molecule has 1 N–H and O–H groups in total. The third kappa shape index (κ3) is 2.19. The number of hydrogen-bond donors (Lipinski definition) is 1. The summed E-state index contributed by atoms with van der Waals surface area (Å²) in [5, 5.41) is 3.21. The highest BCUT2D eigenvalue weighted by Gasteiger charge is 2.03. The van der Waals surface area contributed by atoms with Crippen LogP contribution in [0.2, 0.25) is 0 Å². The van der Waals surface area contributed by atoms with E-state index in [9.17, 15) is 0 Å². The first kappa shape index (κ1) is 10.6. The van der Waals surface area contributed by atoms with Crippen molar-refractivity contribution < 1.29 is 0 Å². The van der Waals surface area contributed by atoms with Gasteiger partial charge in [-0.1, -0.05) is 6.07 Å². The molecule has 2 rings (SSSR count). The monoisotopic (exact) mass is 213 g/mol. The zero-order chi connectivity index (χ0) is 11.4. The van der Waals surface area contributed by atoms with Crippen LogP contribution in [0.15, 0.2) is 36.7 Å². The lowest BCUT2D eigenvalue weighted by Crippen LogP contribution is -1.99. The van der Waals surface area contributed by atoms with Gasteiger partial charge in [0, 0.05) is 24.5 Å². The molecule has 0 fully saturated rings. The number of anilines is 1. The van der Waals surface area contributed by atoms with Crippen molar-refractivity contribution in [3.05, 3.63) is 42.2 Å². The van der Waals surface area contributed by atoms with E-state index in [-0.39, 0.29) is 0 Å². The van der Waals surface area contributed by atoms with Crippen molar-refractivity contribution in [1.82, 2.24) is 9.97 Å². The Labute approximate surface area is 95.6 Å². The molecular formula is C13H15N3. The highest BCUT2D eigenvalue weighted by atomic mass is 15.0. The fraction of sp³-hybridized carbons (Fsp3) is 0.231. The Kier molecular flexibility index (Phi) is 3.15. The van der Waals surface area contributed by atoms with Gasteiger partial charge >= 0.3 is 0 Å². The first-order valence-corrected chi connectivity index (χ1v) is 5.43. The van der Waals surface area contributed by atoms with Crippen molar-refractivity contribution >= 4 is 5.82 Å². The third-order valence-corrected chi connectivity index (χ3v) is 2.42. The third-order valence-electron chi connectivity index (χ3n) is 2.42. The van der Waals surface area contributed by atoms with Crippen molar-refractivity contribution in [2.45, 2.75) is 13.8 Å². The van der Waals surface area contributed by atoms with Crippen LogP contribution >= 0.6 is 0 Å². The van der Waals surface area contributed by atoms with E-state index in [0.717, 1.165) is 23.6 Å². The molecule has 0 saturated carbocycles. The van der Waals surface area contributed by atoms with Crippen LogP contribution in [0, 0.1) is 6.92 Å². The molecule has 16 heavy (non-hydrogen) atoms. The Balaban J connectivity index is 2.40. The van der Waals surface area contributed by atoms with Crippen LogP contribution in [0.3, 0.4) is 0 Å². The van der Waals surface area contributed by atoms with Gasteiger partial charge in [-0.25, -0.2) is 4.98 Å². The zero-order valence-corrected chi connectivity index (χ0v) is 9.57. The number of pyridine rings is 2. The molecule has 0 saturated heterocycles. The van der Waals surface area contributed by atoms with Gasteiger partial charge < -0.3 is 5.32 Å². The summed E-state index contributed by atoms with van der Waals surface area (Å²) in [6.07, 6.45) is 3.65. The van der Waals surface area contributed by atoms with Crippen LogP contribution in [0.25, 0.3) is 11.3 Å². The summed E-state index contributed by atoms with van der Waals surface area (Å²) in [4.78, 5) is 8.68. The van der Waals surface area contributed by atoms with Crippen molar-refractivity contribution in [3.63, 3.8) is 0 Å². The average molecular weight is 213 g/mol. The van der Waals surface area contributed by atoms with E-state index in [1.165, 1.54) is 5.56 Å². The summed E-state index contributed by atoms with van der Waals surface area (Å²) in [7, 11) is 0. The van der Waals surface area contributed by atoms with Crippen molar-refractivity contribution in [2.24, 2.45) is 0 Å². The van der Waals surface area contributed by atoms with Crippen molar-refractivity contribution in [1.29, 1.82) is 0 Å². The normalized spacial score (nSPS) is 10.1. The Morgan fingerprint density at radius 2 is 2.12 bits per heavy atom. The number of nitrogens with one attached hydrogen (secondary N) is 1. The van der Waals surface area contributed by atoms with Gasteiger partial charge in [-0.15, -0.1) is 0 Å². The molecule has 3 nitrogen and oxygen atoms in total. The highest BCUT2D eigenvalue weighted by molar-refractivity contribution is 5.63. The van der Waals surface area contributed by atoms with E-state index in [2.05, 4.69) is 29.1 Å².